The van der Waals surface area contributed by atoms with Crippen molar-refractivity contribution in [1.29, 1.82) is 0 Å². The Bertz CT molecular complexity index is 490. The highest BCUT2D eigenvalue weighted by Gasteiger charge is 2.82. The first-order valence-corrected chi connectivity index (χ1v) is 5.54. The van der Waals surface area contributed by atoms with Crippen LogP contribution in [0.5, 0.6) is 0 Å². The summed E-state index contributed by atoms with van der Waals surface area (Å²) in [7, 11) is 1.24. The second kappa shape index (κ2) is 3.81. The highest BCUT2D eigenvalue weighted by atomic mass is 79.9. The van der Waals surface area contributed by atoms with Gasteiger partial charge in [-0.1, -0.05) is 6.07 Å². The van der Waals surface area contributed by atoms with Crippen molar-refractivity contribution < 1.29 is 22.7 Å². The first kappa shape index (κ1) is 12.6. The van der Waals surface area contributed by atoms with Crippen LogP contribution in [0, 0.1) is 5.82 Å². The Kier molecular flexibility index (Phi) is 2.82. The van der Waals surface area contributed by atoms with Crippen molar-refractivity contribution in [2.24, 2.45) is 0 Å². The van der Waals surface area contributed by atoms with Crippen LogP contribution in [0.1, 0.15) is 5.56 Å². The van der Waals surface area contributed by atoms with Crippen molar-refractivity contribution in [2.75, 3.05) is 13.7 Å². The number of ketones is 1. The van der Waals surface area contributed by atoms with Crippen LogP contribution in [0.15, 0.2) is 22.7 Å². The number of methoxy groups -OCH3 is 1. The maximum absolute atomic E-state index is 13.4. The lowest BCUT2D eigenvalue weighted by Gasteiger charge is -2.13. The van der Waals surface area contributed by atoms with E-state index in [1.54, 1.807) is 0 Å². The molecule has 17 heavy (non-hydrogen) atoms. The zero-order valence-electron chi connectivity index (χ0n) is 8.77. The van der Waals surface area contributed by atoms with Gasteiger partial charge in [0.05, 0.1) is 11.1 Å². The van der Waals surface area contributed by atoms with E-state index in [4.69, 9.17) is 0 Å². The standard InChI is InChI=1S/C11H8BrF3O2/c1-17-5-10(9(16)11(10,14)15)6-2-3-8(13)7(12)4-6/h2-4H,5H2,1H3/t10-/m1/s1. The van der Waals surface area contributed by atoms with E-state index in [0.29, 0.717) is 0 Å². The number of halogens is 4. The molecule has 92 valence electrons. The molecule has 0 unspecified atom stereocenters. The number of hydrogen-bond donors (Lipinski definition) is 0. The van der Waals surface area contributed by atoms with E-state index in [1.165, 1.54) is 19.2 Å². The van der Waals surface area contributed by atoms with Gasteiger partial charge in [-0.15, -0.1) is 0 Å². The van der Waals surface area contributed by atoms with Gasteiger partial charge in [0, 0.05) is 7.11 Å². The normalized spacial score (nSPS) is 26.1. The first-order chi connectivity index (χ1) is 7.88. The Morgan fingerprint density at radius 2 is 2.00 bits per heavy atom. The molecule has 1 fully saturated rings. The monoisotopic (exact) mass is 308 g/mol. The molecule has 1 atom stereocenters. The van der Waals surface area contributed by atoms with Crippen molar-refractivity contribution in [2.45, 2.75) is 11.3 Å². The van der Waals surface area contributed by atoms with E-state index in [0.717, 1.165) is 6.07 Å². The van der Waals surface area contributed by atoms with Crippen molar-refractivity contribution in [3.8, 4) is 0 Å². The van der Waals surface area contributed by atoms with E-state index in [9.17, 15) is 18.0 Å². The maximum atomic E-state index is 13.4. The number of carbonyl (C=O) groups is 1. The average Bonchev–Trinajstić information content (AvgIpc) is 2.69. The lowest BCUT2D eigenvalue weighted by atomic mass is 9.96. The number of benzene rings is 1. The number of rotatable bonds is 3. The fourth-order valence-electron chi connectivity index (χ4n) is 1.89. The number of ether oxygens (including phenoxy) is 1. The number of alkyl halides is 2. The van der Waals surface area contributed by atoms with Gasteiger partial charge in [0.2, 0.25) is 5.78 Å². The molecule has 2 rings (SSSR count). The summed E-state index contributed by atoms with van der Waals surface area (Å²) < 4.78 is 44.6. The molecule has 1 aromatic carbocycles. The molecule has 1 aliphatic carbocycles. The van der Waals surface area contributed by atoms with E-state index in [2.05, 4.69) is 20.7 Å². The summed E-state index contributed by atoms with van der Waals surface area (Å²) in [6.45, 7) is -0.420. The maximum Gasteiger partial charge on any atom is 0.325 e. The Balaban J connectivity index is 2.50. The number of carbonyl (C=O) groups excluding carboxylic acids is 1. The minimum Gasteiger partial charge on any atom is -0.383 e. The third kappa shape index (κ3) is 1.54. The summed E-state index contributed by atoms with van der Waals surface area (Å²) in [6.07, 6.45) is 0. The highest BCUT2D eigenvalue weighted by molar-refractivity contribution is 9.10. The van der Waals surface area contributed by atoms with E-state index in [1.807, 2.05) is 0 Å². The molecule has 1 aromatic rings. The SMILES string of the molecule is COC[C@@]1(c2ccc(F)c(Br)c2)C(=O)C1(F)F. The fraction of sp³-hybridized carbons (Fsp3) is 0.364. The molecule has 0 saturated heterocycles. The molecular formula is C11H8BrF3O2. The molecule has 0 heterocycles. The summed E-state index contributed by atoms with van der Waals surface area (Å²) in [5, 5.41) is 0. The molecule has 0 radical (unpaired) electrons. The first-order valence-electron chi connectivity index (χ1n) is 4.75. The van der Waals surface area contributed by atoms with Gasteiger partial charge >= 0.3 is 5.92 Å². The van der Waals surface area contributed by atoms with Crippen LogP contribution in [0.4, 0.5) is 13.2 Å². The van der Waals surface area contributed by atoms with E-state index >= 15 is 0 Å². The zero-order valence-corrected chi connectivity index (χ0v) is 10.4. The molecule has 0 bridgehead atoms. The van der Waals surface area contributed by atoms with Gasteiger partial charge in [0.15, 0.2) is 5.41 Å². The Morgan fingerprint density at radius 3 is 2.41 bits per heavy atom. The molecule has 0 aromatic heterocycles. The van der Waals surface area contributed by atoms with Crippen molar-refractivity contribution >= 4 is 21.7 Å². The minimum atomic E-state index is -3.44. The lowest BCUT2D eigenvalue weighted by molar-refractivity contribution is -0.117. The van der Waals surface area contributed by atoms with Gasteiger partial charge in [-0.3, -0.25) is 4.79 Å². The third-order valence-corrected chi connectivity index (χ3v) is 3.53. The molecule has 6 heteroatoms. The molecule has 0 N–H and O–H groups in total. The van der Waals surface area contributed by atoms with E-state index < -0.39 is 29.5 Å². The number of hydrogen-bond acceptors (Lipinski definition) is 2. The van der Waals surface area contributed by atoms with Crippen LogP contribution in [-0.4, -0.2) is 25.4 Å². The molecule has 2 nitrogen and oxygen atoms in total. The van der Waals surface area contributed by atoms with E-state index in [-0.39, 0.29) is 10.0 Å². The Morgan fingerprint density at radius 1 is 1.41 bits per heavy atom. The van der Waals surface area contributed by atoms with Crippen molar-refractivity contribution in [3.05, 3.63) is 34.1 Å². The van der Waals surface area contributed by atoms with Crippen LogP contribution in [-0.2, 0) is 14.9 Å². The second-order valence-corrected chi connectivity index (χ2v) is 4.73. The molecule has 0 aliphatic heterocycles. The minimum absolute atomic E-state index is 0.0426. The Hall–Kier alpha value is -0.880. The summed E-state index contributed by atoms with van der Waals surface area (Å²) in [5.41, 5.74) is -1.90. The molecule has 1 saturated carbocycles. The van der Waals surface area contributed by atoms with Gasteiger partial charge in [-0.25, -0.2) is 4.39 Å². The third-order valence-electron chi connectivity index (χ3n) is 2.92. The largest absolute Gasteiger partial charge is 0.383 e. The fourth-order valence-corrected chi connectivity index (χ4v) is 2.27. The van der Waals surface area contributed by atoms with Gasteiger partial charge in [-0.05, 0) is 33.6 Å². The lowest BCUT2D eigenvalue weighted by Crippen LogP contribution is -2.23. The number of Topliss-reactive ketones (excluding diaryl/α,β-unsaturated/α-hetero) is 1. The highest BCUT2D eigenvalue weighted by Crippen LogP contribution is 2.58. The Labute approximate surface area is 104 Å². The van der Waals surface area contributed by atoms with Crippen LogP contribution < -0.4 is 0 Å². The van der Waals surface area contributed by atoms with Crippen LogP contribution in [0.2, 0.25) is 0 Å². The predicted molar refractivity (Wildman–Crippen MR) is 57.6 cm³/mol. The quantitative estimate of drug-likeness (QED) is 0.858. The summed E-state index contributed by atoms with van der Waals surface area (Å²) >= 11 is 2.90. The van der Waals surface area contributed by atoms with Crippen molar-refractivity contribution in [3.63, 3.8) is 0 Å². The second-order valence-electron chi connectivity index (χ2n) is 3.87. The van der Waals surface area contributed by atoms with Gasteiger partial charge in [0.25, 0.3) is 0 Å². The summed E-state index contributed by atoms with van der Waals surface area (Å²) in [4.78, 5) is 11.3. The van der Waals surface area contributed by atoms with Gasteiger partial charge in [0.1, 0.15) is 5.82 Å². The van der Waals surface area contributed by atoms with Crippen LogP contribution in [0.25, 0.3) is 0 Å². The van der Waals surface area contributed by atoms with Crippen LogP contribution in [0.3, 0.4) is 0 Å². The van der Waals surface area contributed by atoms with Crippen LogP contribution >= 0.6 is 15.9 Å². The van der Waals surface area contributed by atoms with Gasteiger partial charge in [-0.2, -0.15) is 8.78 Å². The molecule has 1 aliphatic rings. The topological polar surface area (TPSA) is 26.3 Å². The molecule has 0 amide bonds. The zero-order chi connectivity index (χ0) is 12.8. The molecular weight excluding hydrogens is 301 g/mol. The summed E-state index contributed by atoms with van der Waals surface area (Å²) in [6, 6.07) is 3.41. The predicted octanol–water partition coefficient (Wildman–Crippen LogP) is 2.69. The molecule has 0 spiro atoms. The average molecular weight is 309 g/mol. The van der Waals surface area contributed by atoms with Gasteiger partial charge < -0.3 is 4.74 Å². The van der Waals surface area contributed by atoms with Crippen molar-refractivity contribution in [1.82, 2.24) is 0 Å². The smallest absolute Gasteiger partial charge is 0.325 e. The summed E-state index contributed by atoms with van der Waals surface area (Å²) in [5.74, 6) is -5.21.